The standard InChI is InChI=1S/C11H18N4O2/c1-7-12-10(15-14-7)11(17)13-8-5-3-2-4-6-9(8)16/h8-9,16H,2-6H2,1H3,(H,13,17)(H,12,14,15). The number of nitrogens with zero attached hydrogens (tertiary/aromatic N) is 2. The molecule has 0 bridgehead atoms. The van der Waals surface area contributed by atoms with Gasteiger partial charge in [0.05, 0.1) is 12.1 Å². The van der Waals surface area contributed by atoms with E-state index in [1.807, 2.05) is 0 Å². The monoisotopic (exact) mass is 238 g/mol. The quantitative estimate of drug-likeness (QED) is 0.656. The summed E-state index contributed by atoms with van der Waals surface area (Å²) in [6, 6.07) is -0.177. The van der Waals surface area contributed by atoms with Gasteiger partial charge in [-0.1, -0.05) is 19.3 Å². The molecule has 0 saturated heterocycles. The van der Waals surface area contributed by atoms with Gasteiger partial charge in [-0.15, -0.1) is 5.10 Å². The minimum atomic E-state index is -0.457. The molecule has 1 heterocycles. The molecule has 0 spiro atoms. The van der Waals surface area contributed by atoms with Crippen LogP contribution in [0.1, 0.15) is 48.5 Å². The zero-order valence-corrected chi connectivity index (χ0v) is 9.94. The molecule has 17 heavy (non-hydrogen) atoms. The Labute approximate surface area is 99.8 Å². The van der Waals surface area contributed by atoms with Crippen LogP contribution in [0, 0.1) is 6.92 Å². The lowest BCUT2D eigenvalue weighted by Crippen LogP contribution is -2.43. The van der Waals surface area contributed by atoms with E-state index in [0.717, 1.165) is 32.1 Å². The largest absolute Gasteiger partial charge is 0.391 e. The molecule has 0 radical (unpaired) electrons. The van der Waals surface area contributed by atoms with Crippen LogP contribution in [0.15, 0.2) is 0 Å². The van der Waals surface area contributed by atoms with Crippen molar-refractivity contribution in [1.82, 2.24) is 20.5 Å². The second-order valence-electron chi connectivity index (χ2n) is 4.53. The number of hydrogen-bond donors (Lipinski definition) is 3. The Morgan fingerprint density at radius 1 is 1.41 bits per heavy atom. The van der Waals surface area contributed by atoms with E-state index in [-0.39, 0.29) is 17.8 Å². The fraction of sp³-hybridized carbons (Fsp3) is 0.727. The van der Waals surface area contributed by atoms with Crippen molar-refractivity contribution in [2.75, 3.05) is 0 Å². The number of aliphatic hydroxyl groups is 1. The molecule has 94 valence electrons. The maximum absolute atomic E-state index is 11.8. The number of nitrogens with one attached hydrogen (secondary N) is 2. The third kappa shape index (κ3) is 3.03. The highest BCUT2D eigenvalue weighted by molar-refractivity contribution is 5.90. The van der Waals surface area contributed by atoms with Gasteiger partial charge in [0.2, 0.25) is 5.82 Å². The first kappa shape index (κ1) is 12.0. The fourth-order valence-electron chi connectivity index (χ4n) is 2.13. The molecular formula is C11H18N4O2. The SMILES string of the molecule is Cc1nc(C(=O)NC2CCCCCC2O)n[nH]1. The first-order valence-corrected chi connectivity index (χ1v) is 6.05. The molecule has 6 heteroatoms. The van der Waals surface area contributed by atoms with Gasteiger partial charge in [-0.05, 0) is 19.8 Å². The molecular weight excluding hydrogens is 220 g/mol. The molecule has 2 rings (SSSR count). The topological polar surface area (TPSA) is 90.9 Å². The Bertz CT molecular complexity index is 391. The smallest absolute Gasteiger partial charge is 0.291 e. The summed E-state index contributed by atoms with van der Waals surface area (Å²) < 4.78 is 0. The fourth-order valence-corrected chi connectivity index (χ4v) is 2.13. The average molecular weight is 238 g/mol. The lowest BCUT2D eigenvalue weighted by molar-refractivity contribution is 0.0810. The van der Waals surface area contributed by atoms with Crippen LogP contribution in [0.3, 0.4) is 0 Å². The maximum atomic E-state index is 11.8. The van der Waals surface area contributed by atoms with Gasteiger partial charge in [0, 0.05) is 0 Å². The number of carbonyl (C=O) groups is 1. The van der Waals surface area contributed by atoms with E-state index in [9.17, 15) is 9.90 Å². The van der Waals surface area contributed by atoms with Crippen LogP contribution in [0.2, 0.25) is 0 Å². The summed E-state index contributed by atoms with van der Waals surface area (Å²) in [6.45, 7) is 1.74. The van der Waals surface area contributed by atoms with Crippen molar-refractivity contribution in [3.05, 3.63) is 11.6 Å². The Morgan fingerprint density at radius 2 is 2.18 bits per heavy atom. The summed E-state index contributed by atoms with van der Waals surface area (Å²) in [5, 5.41) is 19.1. The number of H-pyrrole nitrogens is 1. The Morgan fingerprint density at radius 3 is 2.88 bits per heavy atom. The van der Waals surface area contributed by atoms with E-state index >= 15 is 0 Å². The Kier molecular flexibility index (Phi) is 3.73. The van der Waals surface area contributed by atoms with Gasteiger partial charge in [-0.25, -0.2) is 4.98 Å². The molecule has 6 nitrogen and oxygen atoms in total. The highest BCUT2D eigenvalue weighted by atomic mass is 16.3. The highest BCUT2D eigenvalue weighted by Crippen LogP contribution is 2.18. The van der Waals surface area contributed by atoms with Crippen LogP contribution in [-0.2, 0) is 0 Å². The van der Waals surface area contributed by atoms with Crippen LogP contribution < -0.4 is 5.32 Å². The van der Waals surface area contributed by atoms with Crippen LogP contribution in [0.4, 0.5) is 0 Å². The van der Waals surface area contributed by atoms with Crippen molar-refractivity contribution in [3.63, 3.8) is 0 Å². The van der Waals surface area contributed by atoms with Crippen molar-refractivity contribution in [3.8, 4) is 0 Å². The predicted octanol–water partition coefficient (Wildman–Crippen LogP) is 0.537. The number of aromatic amines is 1. The molecule has 2 atom stereocenters. The van der Waals surface area contributed by atoms with E-state index < -0.39 is 6.10 Å². The van der Waals surface area contributed by atoms with Crippen molar-refractivity contribution >= 4 is 5.91 Å². The summed E-state index contributed by atoms with van der Waals surface area (Å²) in [6.07, 6.45) is 4.28. The van der Waals surface area contributed by atoms with Gasteiger partial charge in [0.1, 0.15) is 5.82 Å². The molecule has 2 unspecified atom stereocenters. The van der Waals surface area contributed by atoms with Crippen LogP contribution >= 0.6 is 0 Å². The van der Waals surface area contributed by atoms with Crippen LogP contribution in [0.5, 0.6) is 0 Å². The maximum Gasteiger partial charge on any atom is 0.291 e. The number of rotatable bonds is 2. The molecule has 1 fully saturated rings. The summed E-state index contributed by atoms with van der Waals surface area (Å²) in [5.41, 5.74) is 0. The molecule has 1 amide bonds. The molecule has 1 aliphatic rings. The second-order valence-corrected chi connectivity index (χ2v) is 4.53. The summed E-state index contributed by atoms with van der Waals surface area (Å²) >= 11 is 0. The average Bonchev–Trinajstić information content (AvgIpc) is 2.63. The lowest BCUT2D eigenvalue weighted by atomic mass is 10.1. The predicted molar refractivity (Wildman–Crippen MR) is 61.5 cm³/mol. The second kappa shape index (κ2) is 5.27. The molecule has 0 aromatic carbocycles. The number of aryl methyl sites for hydroxylation is 1. The summed E-state index contributed by atoms with van der Waals surface area (Å²) in [7, 11) is 0. The minimum Gasteiger partial charge on any atom is -0.391 e. The van der Waals surface area contributed by atoms with Crippen molar-refractivity contribution in [2.24, 2.45) is 0 Å². The van der Waals surface area contributed by atoms with E-state index in [4.69, 9.17) is 0 Å². The number of amides is 1. The van der Waals surface area contributed by atoms with Crippen LogP contribution in [0.25, 0.3) is 0 Å². The van der Waals surface area contributed by atoms with Gasteiger partial charge in [-0.3, -0.25) is 9.89 Å². The zero-order chi connectivity index (χ0) is 12.3. The third-order valence-electron chi connectivity index (χ3n) is 3.10. The van der Waals surface area contributed by atoms with Gasteiger partial charge in [0.15, 0.2) is 0 Å². The number of aromatic nitrogens is 3. The zero-order valence-electron chi connectivity index (χ0n) is 9.94. The molecule has 3 N–H and O–H groups in total. The minimum absolute atomic E-state index is 0.138. The molecule has 1 aliphatic carbocycles. The van der Waals surface area contributed by atoms with Crippen LogP contribution in [-0.4, -0.2) is 38.3 Å². The number of aliphatic hydroxyl groups excluding tert-OH is 1. The Balaban J connectivity index is 1.97. The molecule has 1 aromatic heterocycles. The highest BCUT2D eigenvalue weighted by Gasteiger charge is 2.24. The third-order valence-corrected chi connectivity index (χ3v) is 3.10. The van der Waals surface area contributed by atoms with Crippen molar-refractivity contribution in [1.29, 1.82) is 0 Å². The summed E-state index contributed by atoms with van der Waals surface area (Å²) in [4.78, 5) is 15.8. The van der Waals surface area contributed by atoms with Gasteiger partial charge < -0.3 is 10.4 Å². The van der Waals surface area contributed by atoms with Crippen molar-refractivity contribution in [2.45, 2.75) is 51.2 Å². The van der Waals surface area contributed by atoms with Crippen molar-refractivity contribution < 1.29 is 9.90 Å². The molecule has 0 aliphatic heterocycles. The lowest BCUT2D eigenvalue weighted by Gasteiger charge is -2.20. The van der Waals surface area contributed by atoms with Gasteiger partial charge in [-0.2, -0.15) is 0 Å². The Hall–Kier alpha value is -1.43. The van der Waals surface area contributed by atoms with E-state index in [1.165, 1.54) is 0 Å². The van der Waals surface area contributed by atoms with E-state index in [0.29, 0.717) is 5.82 Å². The molecule has 1 saturated carbocycles. The van der Waals surface area contributed by atoms with E-state index in [2.05, 4.69) is 20.5 Å². The normalized spacial score (nSPS) is 25.3. The summed E-state index contributed by atoms with van der Waals surface area (Å²) in [5.74, 6) is 0.427. The van der Waals surface area contributed by atoms with Gasteiger partial charge >= 0.3 is 0 Å². The first-order chi connectivity index (χ1) is 8.16. The number of hydrogen-bond acceptors (Lipinski definition) is 4. The molecule has 1 aromatic rings. The number of carbonyl (C=O) groups excluding carboxylic acids is 1. The first-order valence-electron chi connectivity index (χ1n) is 6.05. The van der Waals surface area contributed by atoms with E-state index in [1.54, 1.807) is 6.92 Å². The van der Waals surface area contributed by atoms with Gasteiger partial charge in [0.25, 0.3) is 5.91 Å².